The lowest BCUT2D eigenvalue weighted by atomic mass is 9.79. The van der Waals surface area contributed by atoms with Crippen LogP contribution in [0.1, 0.15) is 0 Å². The van der Waals surface area contributed by atoms with Crippen molar-refractivity contribution in [2.24, 2.45) is 0 Å². The molecule has 4 aliphatic rings. The maximum Gasteiger partial charge on any atom is 0.307 e. The number of hydrogen-bond acceptors (Lipinski definition) is 11. The standard InChI is InChI=1S/C125H70N10OS/c1-6-28-88-81(21-1)82-22-2-7-29-89(82)108-64-75(121-128-69-129-122(133-121)76-48-56-98-103-39-19-59-126-117(103)101-34-13-11-26-86(101)83-23-3-8-30-90(83)109(98)65-76)46-54-96(108)94-52-44-73(62-106(88)94)79-36-18-41-114-119(79)132-125-135(114)113-58-50-72(68-115(113)136-125)71-43-51-93-85-25-5-10-32-92(85)107-63-74(80-37-17-38-105-100-33-15-16-42-116(100)137-120(80)105)45-53-95(107)97-55-47-78(67-112(97)111(93)61-71)124-131-70-130-123(134-124)77-49-57-99-104-40-20-60-127-118(104)102-35-14-12-27-87(102)84-24-4-9-31-91(84)110(99)66-77/h1-70H. The number of hydrogen-bond donors (Lipinski definition) is 0. The highest BCUT2D eigenvalue weighted by Crippen LogP contribution is 2.57. The normalized spacial score (nSPS) is 12.1. The van der Waals surface area contributed by atoms with Crippen molar-refractivity contribution in [3.05, 3.63) is 425 Å². The van der Waals surface area contributed by atoms with Crippen molar-refractivity contribution < 1.29 is 4.42 Å². The summed E-state index contributed by atoms with van der Waals surface area (Å²) in [4.78, 5) is 46.0. The molecule has 0 unspecified atom stereocenters. The third-order valence-corrected chi connectivity index (χ3v) is 29.6. The molecule has 12 heteroatoms. The summed E-state index contributed by atoms with van der Waals surface area (Å²) in [6.07, 6.45) is 7.07. The van der Waals surface area contributed by atoms with Crippen LogP contribution in [-0.2, 0) is 0 Å². The number of nitrogens with zero attached hydrogens (tertiary/aromatic N) is 10. The molecule has 0 spiro atoms. The Hall–Kier alpha value is -18.2. The maximum atomic E-state index is 7.04. The predicted molar refractivity (Wildman–Crippen MR) is 557 cm³/mol. The summed E-state index contributed by atoms with van der Waals surface area (Å²) in [5, 5.41) is 2.55. The molecule has 4 aliphatic carbocycles. The second-order valence-electron chi connectivity index (χ2n) is 35.7. The van der Waals surface area contributed by atoms with E-state index in [2.05, 4.69) is 393 Å². The highest BCUT2D eigenvalue weighted by atomic mass is 32.1. The number of pyridine rings is 2. The lowest BCUT2D eigenvalue weighted by molar-refractivity contribution is 0.643. The topological polar surface area (TPSA) is 134 Å². The first kappa shape index (κ1) is 76.5. The van der Waals surface area contributed by atoms with Gasteiger partial charge in [-0.2, -0.15) is 4.98 Å². The second-order valence-corrected chi connectivity index (χ2v) is 36.7. The first-order valence-electron chi connectivity index (χ1n) is 46.1. The van der Waals surface area contributed by atoms with Gasteiger partial charge in [0.2, 0.25) is 0 Å². The molecule has 0 aliphatic heterocycles. The number of rotatable bonds is 7. The summed E-state index contributed by atoms with van der Waals surface area (Å²) in [6.45, 7) is 0. The number of thiophene rings is 1. The molecule has 7 heterocycles. The van der Waals surface area contributed by atoms with Gasteiger partial charge in [-0.15, -0.1) is 11.3 Å². The van der Waals surface area contributed by atoms with Crippen LogP contribution < -0.4 is 0 Å². The fraction of sp³-hybridized carbons (Fsp3) is 0. The van der Waals surface area contributed by atoms with Crippen LogP contribution in [0.3, 0.4) is 0 Å². The van der Waals surface area contributed by atoms with Gasteiger partial charge in [0.05, 0.1) is 22.4 Å². The molecule has 0 fully saturated rings. The molecule has 0 bridgehead atoms. The van der Waals surface area contributed by atoms with Gasteiger partial charge in [-0.3, -0.25) is 14.4 Å². The molecule has 137 heavy (non-hydrogen) atoms. The van der Waals surface area contributed by atoms with Gasteiger partial charge in [0.1, 0.15) is 18.2 Å². The van der Waals surface area contributed by atoms with Crippen LogP contribution in [0.4, 0.5) is 0 Å². The maximum absolute atomic E-state index is 7.04. The summed E-state index contributed by atoms with van der Waals surface area (Å²) in [7, 11) is 0. The number of aromatic nitrogens is 10. The molecule has 0 amide bonds. The fourth-order valence-electron chi connectivity index (χ4n) is 22.2. The average Bonchev–Trinajstić information content (AvgIpc) is 1.65. The lowest BCUT2D eigenvalue weighted by Crippen LogP contribution is -2.01. The van der Waals surface area contributed by atoms with Gasteiger partial charge < -0.3 is 4.42 Å². The minimum Gasteiger partial charge on any atom is -0.423 e. The van der Waals surface area contributed by atoms with E-state index in [1.54, 1.807) is 12.7 Å². The van der Waals surface area contributed by atoms with Crippen molar-refractivity contribution in [3.8, 4) is 257 Å². The average molecular weight is 1760 g/mol. The molecule has 0 radical (unpaired) electrons. The van der Waals surface area contributed by atoms with E-state index in [4.69, 9.17) is 49.3 Å². The van der Waals surface area contributed by atoms with E-state index in [9.17, 15) is 0 Å². The monoisotopic (exact) mass is 1760 g/mol. The Morgan fingerprint density at radius 3 is 0.942 bits per heavy atom. The molecule has 0 N–H and O–H groups in total. The summed E-state index contributed by atoms with van der Waals surface area (Å²) in [5.41, 5.74) is 48.5. The van der Waals surface area contributed by atoms with Crippen molar-refractivity contribution in [2.75, 3.05) is 0 Å². The van der Waals surface area contributed by atoms with Crippen molar-refractivity contribution >= 4 is 59.5 Å². The number of oxazole rings is 1. The van der Waals surface area contributed by atoms with Crippen molar-refractivity contribution in [2.45, 2.75) is 0 Å². The van der Waals surface area contributed by atoms with Crippen LogP contribution >= 0.6 is 11.3 Å². The SMILES string of the molecule is c1ccc2c(c1)-c1ccccc1-c1cc(-c3cccc4c3nc3oc5cc(-c6ccc7c(c6)-c6cc(-c8ncnc(-c9ccc%10c(c9)-c9ccccc9-c9ccccc9-c9ncccc9-%10)n8)ccc6-c6ccc(-c8cccc9c8sc8ccccc89)cc6-c6ccccc6-7)ccc5n34)ccc1-c1ccc(-c3ncnc(-c4ccc5c(c4)-c4ccccc4-c4ccccc4-c4ncccc4-5)n3)cc1-2. The van der Waals surface area contributed by atoms with Crippen LogP contribution in [0, 0.1) is 0 Å². The Morgan fingerprint density at radius 2 is 0.496 bits per heavy atom. The summed E-state index contributed by atoms with van der Waals surface area (Å²) < 4.78 is 11.8. The molecule has 0 atom stereocenters. The van der Waals surface area contributed by atoms with Gasteiger partial charge in [0, 0.05) is 82.6 Å². The number of para-hydroxylation sites is 1. The second kappa shape index (κ2) is 30.2. The Balaban J connectivity index is 0.530. The summed E-state index contributed by atoms with van der Waals surface area (Å²) in [6, 6.07) is 145. The van der Waals surface area contributed by atoms with Gasteiger partial charge in [0.15, 0.2) is 28.9 Å². The molecule has 18 aromatic carbocycles. The zero-order valence-electron chi connectivity index (χ0n) is 73.2. The third kappa shape index (κ3) is 11.9. The summed E-state index contributed by atoms with van der Waals surface area (Å²) in [5.74, 6) is 2.81. The highest BCUT2D eigenvalue weighted by molar-refractivity contribution is 7.26. The molecular weight excluding hydrogens is 1690 g/mol. The predicted octanol–water partition coefficient (Wildman–Crippen LogP) is 32.4. The first-order chi connectivity index (χ1) is 67.9. The van der Waals surface area contributed by atoms with Crippen LogP contribution in [0.5, 0.6) is 0 Å². The van der Waals surface area contributed by atoms with E-state index < -0.39 is 0 Å². The van der Waals surface area contributed by atoms with Gasteiger partial charge in [-0.1, -0.05) is 322 Å². The van der Waals surface area contributed by atoms with Gasteiger partial charge >= 0.3 is 5.84 Å². The van der Waals surface area contributed by atoms with Crippen LogP contribution in [0.25, 0.3) is 305 Å². The molecule has 7 aromatic heterocycles. The van der Waals surface area contributed by atoms with E-state index in [0.29, 0.717) is 29.1 Å². The zero-order valence-corrected chi connectivity index (χ0v) is 74.0. The Kier molecular flexibility index (Phi) is 16.8. The number of fused-ring (bicyclic) bond motifs is 40. The van der Waals surface area contributed by atoms with Crippen molar-refractivity contribution in [3.63, 3.8) is 0 Å². The molecule has 0 saturated heterocycles. The quantitative estimate of drug-likeness (QED) is 0.152. The minimum atomic E-state index is 0.509. The number of benzene rings is 18. The molecule has 0 saturated carbocycles. The lowest BCUT2D eigenvalue weighted by Gasteiger charge is -2.25. The van der Waals surface area contributed by atoms with Gasteiger partial charge in [0.25, 0.3) is 0 Å². The molecule has 29 rings (SSSR count). The molecule has 25 aromatic rings. The summed E-state index contributed by atoms with van der Waals surface area (Å²) >= 11 is 1.86. The largest absolute Gasteiger partial charge is 0.423 e. The van der Waals surface area contributed by atoms with E-state index in [1.165, 1.54) is 25.7 Å². The van der Waals surface area contributed by atoms with Crippen LogP contribution in [0.15, 0.2) is 430 Å². The van der Waals surface area contributed by atoms with E-state index in [0.717, 1.165) is 250 Å². The molecule has 11 nitrogen and oxygen atoms in total. The van der Waals surface area contributed by atoms with Gasteiger partial charge in [-0.25, -0.2) is 29.9 Å². The number of imidazole rings is 1. The fourth-order valence-corrected chi connectivity index (χ4v) is 23.4. The Labute approximate surface area is 790 Å². The molecule has 632 valence electrons. The van der Waals surface area contributed by atoms with Crippen molar-refractivity contribution in [1.82, 2.24) is 49.3 Å². The van der Waals surface area contributed by atoms with E-state index in [-0.39, 0.29) is 0 Å². The highest BCUT2D eigenvalue weighted by Gasteiger charge is 2.32. The minimum absolute atomic E-state index is 0.509. The van der Waals surface area contributed by atoms with Crippen LogP contribution in [-0.4, -0.2) is 49.3 Å². The van der Waals surface area contributed by atoms with Crippen molar-refractivity contribution in [1.29, 1.82) is 0 Å². The smallest absolute Gasteiger partial charge is 0.307 e. The molecular formula is C125H70N10OS. The zero-order chi connectivity index (χ0) is 89.6. The van der Waals surface area contributed by atoms with Gasteiger partial charge in [-0.05, 0) is 251 Å². The Bertz CT molecular complexity index is 9540. The van der Waals surface area contributed by atoms with E-state index >= 15 is 0 Å². The van der Waals surface area contributed by atoms with Crippen LogP contribution in [0.2, 0.25) is 0 Å². The first-order valence-corrected chi connectivity index (χ1v) is 47.0. The van der Waals surface area contributed by atoms with E-state index in [1.807, 2.05) is 35.9 Å². The third-order valence-electron chi connectivity index (χ3n) is 28.4. The Morgan fingerprint density at radius 1 is 0.197 bits per heavy atom.